The highest BCUT2D eigenvalue weighted by molar-refractivity contribution is 5.97. The Balaban J connectivity index is 1.69. The Morgan fingerprint density at radius 1 is 1.19 bits per heavy atom. The number of ketones is 1. The van der Waals surface area contributed by atoms with Crippen molar-refractivity contribution in [2.45, 2.75) is 46.2 Å². The zero-order valence-electron chi connectivity index (χ0n) is 18.3. The van der Waals surface area contributed by atoms with Crippen molar-refractivity contribution in [2.24, 2.45) is 0 Å². The molecule has 0 saturated heterocycles. The maximum atomic E-state index is 13.1. The van der Waals surface area contributed by atoms with Crippen LogP contribution in [0.3, 0.4) is 0 Å². The molecule has 0 atom stereocenters. The first-order valence-corrected chi connectivity index (χ1v) is 10.6. The number of hydrogen-bond acceptors (Lipinski definition) is 5. The van der Waals surface area contributed by atoms with E-state index in [1.807, 2.05) is 55.7 Å². The van der Waals surface area contributed by atoms with E-state index >= 15 is 0 Å². The number of carbonyl (C=O) groups excluding carboxylic acids is 1. The van der Waals surface area contributed by atoms with Crippen LogP contribution in [0.1, 0.15) is 53.1 Å². The summed E-state index contributed by atoms with van der Waals surface area (Å²) < 4.78 is 9.71. The maximum absolute atomic E-state index is 13.1. The Morgan fingerprint density at radius 3 is 2.47 bits per heavy atom. The molecule has 0 unspecified atom stereocenters. The number of carbonyl (C=O) groups is 1. The summed E-state index contributed by atoms with van der Waals surface area (Å²) in [6, 6.07) is 11.1. The lowest BCUT2D eigenvalue weighted by atomic mass is 10.1. The number of ether oxygens (including phenoxy) is 1. The van der Waals surface area contributed by atoms with E-state index in [-0.39, 0.29) is 17.4 Å². The quantitative estimate of drug-likeness (QED) is 0.535. The topological polar surface area (TPSA) is 99.0 Å². The fraction of sp³-hybridized carbons (Fsp3) is 0.333. The fourth-order valence-corrected chi connectivity index (χ4v) is 3.98. The number of hydrogen-bond donors (Lipinski definition) is 0. The van der Waals surface area contributed by atoms with Crippen molar-refractivity contribution < 1.29 is 9.53 Å². The largest absolute Gasteiger partial charge is 0.494 e. The van der Waals surface area contributed by atoms with Crippen LogP contribution in [0, 0.1) is 25.2 Å². The van der Waals surface area contributed by atoms with Crippen LogP contribution in [0.4, 0.5) is 0 Å². The van der Waals surface area contributed by atoms with Crippen molar-refractivity contribution in [3.05, 3.63) is 79.9 Å². The number of Topliss-reactive ketones (excluding diaryl/α,β-unsaturated/α-hetero) is 1. The summed E-state index contributed by atoms with van der Waals surface area (Å²) in [6.45, 7) is 5.81. The van der Waals surface area contributed by atoms with Crippen LogP contribution in [-0.2, 0) is 6.54 Å². The lowest BCUT2D eigenvalue weighted by Crippen LogP contribution is -2.42. The van der Waals surface area contributed by atoms with E-state index < -0.39 is 17.8 Å². The second-order valence-electron chi connectivity index (χ2n) is 7.94. The van der Waals surface area contributed by atoms with Crippen LogP contribution in [0.25, 0.3) is 5.69 Å². The molecule has 0 amide bonds. The minimum atomic E-state index is -0.733. The highest BCUT2D eigenvalue weighted by atomic mass is 16.5. The fourth-order valence-electron chi connectivity index (χ4n) is 3.98. The first-order chi connectivity index (χ1) is 15.3. The van der Waals surface area contributed by atoms with E-state index in [9.17, 15) is 19.6 Å². The molecule has 32 heavy (non-hydrogen) atoms. The minimum absolute atomic E-state index is 0.0127. The molecule has 1 aliphatic rings. The molecule has 2 aromatic heterocycles. The number of aromatic nitrogens is 3. The van der Waals surface area contributed by atoms with Gasteiger partial charge >= 0.3 is 5.69 Å². The Morgan fingerprint density at radius 2 is 1.88 bits per heavy atom. The van der Waals surface area contributed by atoms with Gasteiger partial charge in [-0.3, -0.25) is 18.7 Å². The highest BCUT2D eigenvalue weighted by Crippen LogP contribution is 2.33. The predicted octanol–water partition coefficient (Wildman–Crippen LogP) is 2.91. The Hall–Kier alpha value is -3.86. The Kier molecular flexibility index (Phi) is 5.57. The number of aryl methyl sites for hydroxylation is 1. The summed E-state index contributed by atoms with van der Waals surface area (Å²) in [5, 5.41) is 9.30. The van der Waals surface area contributed by atoms with Crippen LogP contribution < -0.4 is 16.0 Å². The number of rotatable bonds is 7. The summed E-state index contributed by atoms with van der Waals surface area (Å²) >= 11 is 0. The lowest BCUT2D eigenvalue weighted by molar-refractivity contribution is 0.0967. The zero-order chi connectivity index (χ0) is 23.0. The molecule has 164 valence electrons. The maximum Gasteiger partial charge on any atom is 0.331 e. The van der Waals surface area contributed by atoms with E-state index in [0.29, 0.717) is 17.9 Å². The monoisotopic (exact) mass is 432 g/mol. The van der Waals surface area contributed by atoms with Gasteiger partial charge in [0.1, 0.15) is 17.4 Å². The number of benzene rings is 1. The molecular formula is C24H24N4O4. The van der Waals surface area contributed by atoms with E-state index in [4.69, 9.17) is 4.74 Å². The van der Waals surface area contributed by atoms with Crippen molar-refractivity contribution >= 4 is 5.78 Å². The average molecular weight is 432 g/mol. The molecular weight excluding hydrogens is 408 g/mol. The molecule has 3 aromatic rings. The summed E-state index contributed by atoms with van der Waals surface area (Å²) in [7, 11) is 0. The normalized spacial score (nSPS) is 13.1. The molecule has 0 N–H and O–H groups in total. The minimum Gasteiger partial charge on any atom is -0.494 e. The first-order valence-electron chi connectivity index (χ1n) is 10.6. The molecule has 2 heterocycles. The third kappa shape index (κ3) is 3.78. The highest BCUT2D eigenvalue weighted by Gasteiger charge is 2.28. The Bertz CT molecular complexity index is 1350. The summed E-state index contributed by atoms with van der Waals surface area (Å²) in [5.41, 5.74) is 1.45. The lowest BCUT2D eigenvalue weighted by Gasteiger charge is -2.12. The van der Waals surface area contributed by atoms with Gasteiger partial charge < -0.3 is 9.30 Å². The summed E-state index contributed by atoms with van der Waals surface area (Å²) in [5.74, 6) is 0.408. The van der Waals surface area contributed by atoms with Gasteiger partial charge in [0.05, 0.1) is 13.2 Å². The van der Waals surface area contributed by atoms with Crippen molar-refractivity contribution in [3.8, 4) is 17.5 Å². The molecule has 1 aromatic carbocycles. The van der Waals surface area contributed by atoms with Crippen molar-refractivity contribution in [3.63, 3.8) is 0 Å². The molecule has 8 nitrogen and oxygen atoms in total. The van der Waals surface area contributed by atoms with Crippen LogP contribution in [0.15, 0.2) is 46.1 Å². The SMILES string of the molecule is CCOc1ccc(-n2c(C)cc(C(=O)Cn3c(=O)c(C#N)cn(C4CC4)c3=O)c2C)cc1. The van der Waals surface area contributed by atoms with Gasteiger partial charge in [0.15, 0.2) is 5.78 Å². The van der Waals surface area contributed by atoms with Gasteiger partial charge in [-0.05, 0) is 63.9 Å². The van der Waals surface area contributed by atoms with Gasteiger partial charge in [-0.2, -0.15) is 5.26 Å². The molecule has 4 rings (SSSR count). The van der Waals surface area contributed by atoms with Crippen LogP contribution in [-0.4, -0.2) is 26.1 Å². The molecule has 0 bridgehead atoms. The Labute approximate surface area is 184 Å². The molecule has 0 spiro atoms. The summed E-state index contributed by atoms with van der Waals surface area (Å²) in [4.78, 5) is 38.6. The van der Waals surface area contributed by atoms with Crippen LogP contribution >= 0.6 is 0 Å². The smallest absolute Gasteiger partial charge is 0.331 e. The third-order valence-electron chi connectivity index (χ3n) is 5.70. The number of nitriles is 1. The zero-order valence-corrected chi connectivity index (χ0v) is 18.3. The molecule has 8 heteroatoms. The van der Waals surface area contributed by atoms with Crippen molar-refractivity contribution in [2.75, 3.05) is 6.61 Å². The predicted molar refractivity (Wildman–Crippen MR) is 119 cm³/mol. The molecule has 0 radical (unpaired) electrons. The van der Waals surface area contributed by atoms with Gasteiger partial charge in [0.2, 0.25) is 0 Å². The van der Waals surface area contributed by atoms with Crippen LogP contribution in [0.5, 0.6) is 5.75 Å². The molecule has 1 fully saturated rings. The van der Waals surface area contributed by atoms with Crippen LogP contribution in [0.2, 0.25) is 0 Å². The first kappa shape index (κ1) is 21.4. The van der Waals surface area contributed by atoms with E-state index in [0.717, 1.165) is 34.5 Å². The van der Waals surface area contributed by atoms with Gasteiger partial charge in [-0.1, -0.05) is 0 Å². The molecule has 1 saturated carbocycles. The van der Waals surface area contributed by atoms with Gasteiger partial charge in [-0.15, -0.1) is 0 Å². The van der Waals surface area contributed by atoms with E-state index in [1.165, 1.54) is 10.8 Å². The van der Waals surface area contributed by atoms with Gasteiger partial charge in [-0.25, -0.2) is 4.79 Å². The van der Waals surface area contributed by atoms with E-state index in [1.54, 1.807) is 6.07 Å². The van der Waals surface area contributed by atoms with E-state index in [2.05, 4.69) is 0 Å². The number of nitrogens with zero attached hydrogens (tertiary/aromatic N) is 4. The van der Waals surface area contributed by atoms with Crippen molar-refractivity contribution in [1.29, 1.82) is 5.26 Å². The standard InChI is InChI=1S/C24H24N4O4/c1-4-32-20-9-7-19(8-10-20)28-15(2)11-21(16(28)3)22(29)14-27-23(30)17(12-25)13-26(24(27)31)18-5-6-18/h7-11,13,18H,4-6,14H2,1-3H3. The average Bonchev–Trinajstić information content (AvgIpc) is 3.57. The van der Waals surface area contributed by atoms with Crippen molar-refractivity contribution in [1.82, 2.24) is 13.7 Å². The summed E-state index contributed by atoms with van der Waals surface area (Å²) in [6.07, 6.45) is 2.95. The molecule has 1 aliphatic carbocycles. The molecule has 0 aliphatic heterocycles. The second kappa shape index (κ2) is 8.35. The third-order valence-corrected chi connectivity index (χ3v) is 5.70. The van der Waals surface area contributed by atoms with Gasteiger partial charge in [0, 0.05) is 34.9 Å². The second-order valence-corrected chi connectivity index (χ2v) is 7.94. The van der Waals surface area contributed by atoms with Gasteiger partial charge in [0.25, 0.3) is 5.56 Å².